The lowest BCUT2D eigenvalue weighted by molar-refractivity contribution is -0.125. The lowest BCUT2D eigenvalue weighted by atomic mass is 10.2. The molecule has 1 aromatic carbocycles. The first kappa shape index (κ1) is 15.0. The Bertz CT molecular complexity index is 580. The van der Waals surface area contributed by atoms with Crippen LogP contribution in [0.1, 0.15) is 12.0 Å². The second-order valence-electron chi connectivity index (χ2n) is 4.91. The zero-order chi connectivity index (χ0) is 15.2. The first-order valence-corrected chi connectivity index (χ1v) is 6.73. The van der Waals surface area contributed by atoms with E-state index in [1.54, 1.807) is 31.4 Å². The summed E-state index contributed by atoms with van der Waals surface area (Å²) in [5, 5.41) is 14.3. The summed E-state index contributed by atoms with van der Waals surface area (Å²) in [6.45, 7) is 0.903. The largest absolute Gasteiger partial charge is 0.383 e. The van der Waals surface area contributed by atoms with Crippen LogP contribution in [0.25, 0.3) is 0 Å². The van der Waals surface area contributed by atoms with Crippen molar-refractivity contribution in [3.05, 3.63) is 29.8 Å². The average molecular weight is 287 g/mol. The quantitative estimate of drug-likeness (QED) is 0.760. The third-order valence-electron chi connectivity index (χ3n) is 3.33. The summed E-state index contributed by atoms with van der Waals surface area (Å²) in [6, 6.07) is 8.71. The van der Waals surface area contributed by atoms with Gasteiger partial charge >= 0.3 is 0 Å². The standard InChI is InChI=1S/C15H17N3O3/c1-21-6-5-17-14(19)12-8-13(12)15(20)18-11-4-2-3-10(7-11)9-16/h2-4,7,12-13H,5-6,8H2,1H3,(H,17,19)(H,18,20). The molecule has 0 aromatic heterocycles. The minimum atomic E-state index is -0.293. The van der Waals surface area contributed by atoms with E-state index in [9.17, 15) is 9.59 Å². The number of carbonyl (C=O) groups is 2. The number of amides is 2. The van der Waals surface area contributed by atoms with Crippen molar-refractivity contribution in [3.63, 3.8) is 0 Å². The molecule has 6 heteroatoms. The molecule has 2 N–H and O–H groups in total. The molecule has 0 spiro atoms. The summed E-state index contributed by atoms with van der Waals surface area (Å²) in [5.41, 5.74) is 1.06. The van der Waals surface area contributed by atoms with Gasteiger partial charge in [0.1, 0.15) is 0 Å². The Morgan fingerprint density at radius 3 is 2.86 bits per heavy atom. The van der Waals surface area contributed by atoms with E-state index in [1.807, 2.05) is 6.07 Å². The Morgan fingerprint density at radius 2 is 2.14 bits per heavy atom. The number of hydrogen-bond acceptors (Lipinski definition) is 4. The fourth-order valence-corrected chi connectivity index (χ4v) is 2.08. The van der Waals surface area contributed by atoms with Crippen molar-refractivity contribution in [3.8, 4) is 6.07 Å². The van der Waals surface area contributed by atoms with Gasteiger partial charge in [-0.2, -0.15) is 5.26 Å². The maximum absolute atomic E-state index is 12.0. The lowest BCUT2D eigenvalue weighted by Crippen LogP contribution is -2.30. The Balaban J connectivity index is 1.83. The van der Waals surface area contributed by atoms with Crippen LogP contribution in [0.15, 0.2) is 24.3 Å². The topological polar surface area (TPSA) is 91.2 Å². The number of nitrogens with zero attached hydrogens (tertiary/aromatic N) is 1. The van der Waals surface area contributed by atoms with Crippen molar-refractivity contribution in [2.45, 2.75) is 6.42 Å². The van der Waals surface area contributed by atoms with Crippen molar-refractivity contribution >= 4 is 17.5 Å². The number of carbonyl (C=O) groups excluding carboxylic acids is 2. The van der Waals surface area contributed by atoms with Gasteiger partial charge in [-0.3, -0.25) is 9.59 Å². The molecule has 2 atom stereocenters. The van der Waals surface area contributed by atoms with Crippen LogP contribution in [-0.2, 0) is 14.3 Å². The van der Waals surface area contributed by atoms with Crippen LogP contribution < -0.4 is 10.6 Å². The van der Waals surface area contributed by atoms with Gasteiger partial charge in [-0.1, -0.05) is 6.07 Å². The lowest BCUT2D eigenvalue weighted by Gasteiger charge is -2.06. The van der Waals surface area contributed by atoms with Crippen LogP contribution >= 0.6 is 0 Å². The number of nitrogens with one attached hydrogen (secondary N) is 2. The molecule has 1 aliphatic rings. The second-order valence-corrected chi connectivity index (χ2v) is 4.91. The van der Waals surface area contributed by atoms with E-state index < -0.39 is 0 Å². The van der Waals surface area contributed by atoms with Crippen LogP contribution in [-0.4, -0.2) is 32.1 Å². The molecule has 110 valence electrons. The van der Waals surface area contributed by atoms with Crippen molar-refractivity contribution < 1.29 is 14.3 Å². The molecular weight excluding hydrogens is 270 g/mol. The van der Waals surface area contributed by atoms with Gasteiger partial charge in [-0.05, 0) is 24.6 Å². The van der Waals surface area contributed by atoms with Gasteiger partial charge in [0.25, 0.3) is 0 Å². The smallest absolute Gasteiger partial charge is 0.228 e. The first-order valence-electron chi connectivity index (χ1n) is 6.73. The fraction of sp³-hybridized carbons (Fsp3) is 0.400. The summed E-state index contributed by atoms with van der Waals surface area (Å²) in [7, 11) is 1.56. The van der Waals surface area contributed by atoms with Gasteiger partial charge in [0.15, 0.2) is 0 Å². The molecule has 2 rings (SSSR count). The van der Waals surface area contributed by atoms with Crippen LogP contribution in [0.3, 0.4) is 0 Å². The first-order chi connectivity index (χ1) is 10.2. The summed E-state index contributed by atoms with van der Waals surface area (Å²) in [6.07, 6.45) is 0.558. The Hall–Kier alpha value is -2.39. The molecule has 1 saturated carbocycles. The van der Waals surface area contributed by atoms with E-state index >= 15 is 0 Å². The maximum Gasteiger partial charge on any atom is 0.228 e. The molecule has 21 heavy (non-hydrogen) atoms. The van der Waals surface area contributed by atoms with E-state index in [0.29, 0.717) is 30.8 Å². The SMILES string of the molecule is COCCNC(=O)C1CC1C(=O)Nc1cccc(C#N)c1. The number of rotatable bonds is 6. The number of benzene rings is 1. The molecule has 2 unspecified atom stereocenters. The third kappa shape index (κ3) is 4.04. The molecule has 1 aromatic rings. The molecule has 0 saturated heterocycles. The van der Waals surface area contributed by atoms with Gasteiger partial charge in [0, 0.05) is 19.3 Å². The van der Waals surface area contributed by atoms with Gasteiger partial charge in [0.05, 0.1) is 30.1 Å². The minimum absolute atomic E-state index is 0.113. The van der Waals surface area contributed by atoms with E-state index in [-0.39, 0.29) is 23.7 Å². The molecule has 0 radical (unpaired) electrons. The summed E-state index contributed by atoms with van der Waals surface area (Å²) in [4.78, 5) is 23.8. The highest BCUT2D eigenvalue weighted by molar-refractivity contribution is 5.99. The average Bonchev–Trinajstić information content (AvgIpc) is 3.28. The predicted octanol–water partition coefficient (Wildman–Crippen LogP) is 0.895. The van der Waals surface area contributed by atoms with Crippen molar-refractivity contribution in [1.29, 1.82) is 5.26 Å². The molecule has 1 aliphatic carbocycles. The molecule has 6 nitrogen and oxygen atoms in total. The van der Waals surface area contributed by atoms with E-state index in [1.165, 1.54) is 0 Å². The van der Waals surface area contributed by atoms with Crippen molar-refractivity contribution in [2.24, 2.45) is 11.8 Å². The number of nitriles is 1. The van der Waals surface area contributed by atoms with Crippen LogP contribution in [0.2, 0.25) is 0 Å². The van der Waals surface area contributed by atoms with Gasteiger partial charge < -0.3 is 15.4 Å². The third-order valence-corrected chi connectivity index (χ3v) is 3.33. The van der Waals surface area contributed by atoms with E-state index in [2.05, 4.69) is 10.6 Å². The zero-order valence-electron chi connectivity index (χ0n) is 11.8. The number of methoxy groups -OCH3 is 1. The fourth-order valence-electron chi connectivity index (χ4n) is 2.08. The Kier molecular flexibility index (Phi) is 4.90. The van der Waals surface area contributed by atoms with Gasteiger partial charge in [-0.15, -0.1) is 0 Å². The van der Waals surface area contributed by atoms with Crippen LogP contribution in [0.4, 0.5) is 5.69 Å². The summed E-state index contributed by atoms with van der Waals surface area (Å²) in [5.74, 6) is -0.853. The number of anilines is 1. The highest BCUT2D eigenvalue weighted by Crippen LogP contribution is 2.39. The minimum Gasteiger partial charge on any atom is -0.383 e. The van der Waals surface area contributed by atoms with E-state index in [4.69, 9.17) is 10.00 Å². The van der Waals surface area contributed by atoms with Gasteiger partial charge in [-0.25, -0.2) is 0 Å². The highest BCUT2D eigenvalue weighted by atomic mass is 16.5. The molecule has 0 heterocycles. The van der Waals surface area contributed by atoms with E-state index in [0.717, 1.165) is 0 Å². The molecule has 2 amide bonds. The Labute approximate surface area is 123 Å². The molecule has 0 aliphatic heterocycles. The zero-order valence-corrected chi connectivity index (χ0v) is 11.8. The summed E-state index contributed by atoms with van der Waals surface area (Å²) >= 11 is 0. The normalized spacial score (nSPS) is 19.4. The predicted molar refractivity (Wildman–Crippen MR) is 76.3 cm³/mol. The van der Waals surface area contributed by atoms with Crippen LogP contribution in [0.5, 0.6) is 0 Å². The summed E-state index contributed by atoms with van der Waals surface area (Å²) < 4.78 is 4.85. The van der Waals surface area contributed by atoms with Crippen LogP contribution in [0, 0.1) is 23.2 Å². The second kappa shape index (κ2) is 6.86. The molecular formula is C15H17N3O3. The Morgan fingerprint density at radius 1 is 1.38 bits per heavy atom. The molecule has 0 bridgehead atoms. The monoisotopic (exact) mass is 287 g/mol. The molecule has 1 fully saturated rings. The highest BCUT2D eigenvalue weighted by Gasteiger charge is 2.47. The van der Waals surface area contributed by atoms with Crippen molar-refractivity contribution in [2.75, 3.05) is 25.6 Å². The van der Waals surface area contributed by atoms with Gasteiger partial charge in [0.2, 0.25) is 11.8 Å². The number of ether oxygens (including phenoxy) is 1. The van der Waals surface area contributed by atoms with Crippen molar-refractivity contribution in [1.82, 2.24) is 5.32 Å². The maximum atomic E-state index is 12.0. The number of hydrogen-bond donors (Lipinski definition) is 2.